The maximum absolute atomic E-state index is 12.4. The Morgan fingerprint density at radius 1 is 1.00 bits per heavy atom. The third kappa shape index (κ3) is 9.08. The van der Waals surface area contributed by atoms with Crippen molar-refractivity contribution in [1.29, 1.82) is 0 Å². The van der Waals surface area contributed by atoms with E-state index in [-0.39, 0.29) is 6.09 Å². The molecule has 1 aromatic rings. The average Bonchev–Trinajstić information content (AvgIpc) is 2.73. The first-order valence-electron chi connectivity index (χ1n) is 11.4. The Morgan fingerprint density at radius 3 is 2.24 bits per heavy atom. The van der Waals surface area contributed by atoms with Gasteiger partial charge in [0.25, 0.3) is 0 Å². The molecule has 0 N–H and O–H groups in total. The Balaban J connectivity index is 1.60. The van der Waals surface area contributed by atoms with E-state index in [1.54, 1.807) is 4.90 Å². The van der Waals surface area contributed by atoms with Crippen molar-refractivity contribution in [2.45, 2.75) is 77.2 Å². The highest BCUT2D eigenvalue weighted by Crippen LogP contribution is 2.31. The lowest BCUT2D eigenvalue weighted by Crippen LogP contribution is -2.41. The molecule has 0 atom stereocenters. The van der Waals surface area contributed by atoms with Crippen LogP contribution in [0.5, 0.6) is 5.75 Å². The Morgan fingerprint density at radius 2 is 1.62 bits per heavy atom. The summed E-state index contributed by atoms with van der Waals surface area (Å²) in [5.41, 5.74) is 0. The first-order valence-corrected chi connectivity index (χ1v) is 12.2. The lowest BCUT2D eigenvalue weighted by Gasteiger charge is -2.34. The Labute approximate surface area is 186 Å². The first-order chi connectivity index (χ1) is 14.0. The van der Waals surface area contributed by atoms with Crippen LogP contribution in [0.2, 0.25) is 0 Å². The number of halogens is 1. The molecule has 29 heavy (non-hydrogen) atoms. The molecule has 0 saturated heterocycles. The number of rotatable bonds is 11. The number of carbonyl (C=O) groups is 1. The van der Waals surface area contributed by atoms with E-state index < -0.39 is 0 Å². The summed E-state index contributed by atoms with van der Waals surface area (Å²) < 4.78 is 6.49. The Kier molecular flexibility index (Phi) is 11.1. The van der Waals surface area contributed by atoms with Crippen molar-refractivity contribution in [3.63, 3.8) is 0 Å². The van der Waals surface area contributed by atoms with Gasteiger partial charge < -0.3 is 14.5 Å². The molecule has 1 aromatic carbocycles. The number of carbonyl (C=O) groups excluding carboxylic acids is 1. The second-order valence-corrected chi connectivity index (χ2v) is 9.53. The molecule has 2 rings (SSSR count). The fourth-order valence-corrected chi connectivity index (χ4v) is 4.47. The third-order valence-corrected chi connectivity index (χ3v) is 6.75. The topological polar surface area (TPSA) is 32.8 Å². The molecule has 0 aliphatic heterocycles. The minimum absolute atomic E-state index is 0.248. The van der Waals surface area contributed by atoms with Gasteiger partial charge in [-0.15, -0.1) is 0 Å². The van der Waals surface area contributed by atoms with Crippen LogP contribution in [0.4, 0.5) is 4.79 Å². The summed E-state index contributed by atoms with van der Waals surface area (Å²) in [7, 11) is 4.13. The van der Waals surface area contributed by atoms with Gasteiger partial charge in [0.2, 0.25) is 0 Å². The van der Waals surface area contributed by atoms with Crippen molar-refractivity contribution >= 4 is 22.0 Å². The molecule has 4 nitrogen and oxygen atoms in total. The van der Waals surface area contributed by atoms with Gasteiger partial charge in [-0.1, -0.05) is 48.5 Å². The molecule has 1 fully saturated rings. The molecule has 1 aliphatic carbocycles. The van der Waals surface area contributed by atoms with Gasteiger partial charge in [-0.05, 0) is 88.8 Å². The molecular weight excluding hydrogens is 428 g/mol. The highest BCUT2D eigenvalue weighted by atomic mass is 79.9. The Hall–Kier alpha value is -1.07. The van der Waals surface area contributed by atoms with Crippen LogP contribution >= 0.6 is 15.9 Å². The summed E-state index contributed by atoms with van der Waals surface area (Å²) in [5, 5.41) is 0. The van der Waals surface area contributed by atoms with Gasteiger partial charge >= 0.3 is 6.09 Å². The zero-order chi connectivity index (χ0) is 21.1. The molecule has 0 radical (unpaired) electrons. The second kappa shape index (κ2) is 13.3. The zero-order valence-electron chi connectivity index (χ0n) is 18.5. The standard InChI is InChI=1S/C24H39BrN2O2/c1-4-5-7-18-26(2)19-8-6-9-20-10-14-22(15-11-20)27(3)24(28)29-23-16-12-21(25)13-17-23/h12-13,16-17,20,22H,4-11,14-15,18-19H2,1-3H3. The van der Waals surface area contributed by atoms with Crippen molar-refractivity contribution in [3.05, 3.63) is 28.7 Å². The number of benzene rings is 1. The number of ether oxygens (including phenoxy) is 1. The molecule has 1 saturated carbocycles. The predicted octanol–water partition coefficient (Wildman–Crippen LogP) is 6.73. The lowest BCUT2D eigenvalue weighted by atomic mass is 9.82. The molecule has 0 bridgehead atoms. The van der Waals surface area contributed by atoms with E-state index in [1.165, 1.54) is 64.5 Å². The van der Waals surface area contributed by atoms with Gasteiger partial charge in [0.05, 0.1) is 0 Å². The van der Waals surface area contributed by atoms with Crippen LogP contribution in [0.15, 0.2) is 28.7 Å². The van der Waals surface area contributed by atoms with E-state index in [2.05, 4.69) is 34.8 Å². The summed E-state index contributed by atoms with van der Waals surface area (Å²) in [6, 6.07) is 7.70. The van der Waals surface area contributed by atoms with Gasteiger partial charge in [-0.3, -0.25) is 0 Å². The first kappa shape index (κ1) is 24.2. The summed E-state index contributed by atoms with van der Waals surface area (Å²) in [5.74, 6) is 1.42. The molecule has 164 valence electrons. The summed E-state index contributed by atoms with van der Waals surface area (Å²) in [6.07, 6.45) is 12.3. The number of hydrogen-bond donors (Lipinski definition) is 0. The van der Waals surface area contributed by atoms with E-state index in [0.717, 1.165) is 23.2 Å². The zero-order valence-corrected chi connectivity index (χ0v) is 20.1. The predicted molar refractivity (Wildman–Crippen MR) is 125 cm³/mol. The van der Waals surface area contributed by atoms with E-state index in [4.69, 9.17) is 4.74 Å². The van der Waals surface area contributed by atoms with Crippen LogP contribution in [0, 0.1) is 5.92 Å². The molecular formula is C24H39BrN2O2. The molecule has 1 amide bonds. The van der Waals surface area contributed by atoms with E-state index in [9.17, 15) is 4.79 Å². The van der Waals surface area contributed by atoms with E-state index >= 15 is 0 Å². The normalized spacial score (nSPS) is 19.3. The van der Waals surface area contributed by atoms with Crippen molar-refractivity contribution in [3.8, 4) is 5.75 Å². The molecule has 0 spiro atoms. The monoisotopic (exact) mass is 466 g/mol. The minimum Gasteiger partial charge on any atom is -0.410 e. The fourth-order valence-electron chi connectivity index (χ4n) is 4.20. The maximum Gasteiger partial charge on any atom is 0.415 e. The van der Waals surface area contributed by atoms with Gasteiger partial charge in [0, 0.05) is 17.6 Å². The summed E-state index contributed by atoms with van der Waals surface area (Å²) in [4.78, 5) is 16.7. The van der Waals surface area contributed by atoms with Crippen molar-refractivity contribution in [2.75, 3.05) is 27.2 Å². The molecule has 0 unspecified atom stereocenters. The van der Waals surface area contributed by atoms with Gasteiger partial charge in [-0.2, -0.15) is 0 Å². The van der Waals surface area contributed by atoms with Crippen LogP contribution in [0.1, 0.15) is 71.1 Å². The summed E-state index contributed by atoms with van der Waals surface area (Å²) >= 11 is 3.40. The largest absolute Gasteiger partial charge is 0.415 e. The average molecular weight is 467 g/mol. The molecule has 0 heterocycles. The number of hydrogen-bond acceptors (Lipinski definition) is 3. The number of unbranched alkanes of at least 4 members (excludes halogenated alkanes) is 3. The van der Waals surface area contributed by atoms with Crippen LogP contribution in [-0.4, -0.2) is 49.1 Å². The second-order valence-electron chi connectivity index (χ2n) is 8.61. The fraction of sp³-hybridized carbons (Fsp3) is 0.708. The Bertz CT molecular complexity index is 585. The highest BCUT2D eigenvalue weighted by Gasteiger charge is 2.27. The van der Waals surface area contributed by atoms with Crippen molar-refractivity contribution in [2.24, 2.45) is 5.92 Å². The van der Waals surface area contributed by atoms with Crippen molar-refractivity contribution in [1.82, 2.24) is 9.80 Å². The highest BCUT2D eigenvalue weighted by molar-refractivity contribution is 9.10. The maximum atomic E-state index is 12.4. The quantitative estimate of drug-likeness (QED) is 0.338. The van der Waals surface area contributed by atoms with E-state index in [1.807, 2.05) is 31.3 Å². The molecule has 0 aromatic heterocycles. The van der Waals surface area contributed by atoms with Crippen LogP contribution in [-0.2, 0) is 0 Å². The molecule has 5 heteroatoms. The van der Waals surface area contributed by atoms with Gasteiger partial charge in [-0.25, -0.2) is 4.79 Å². The lowest BCUT2D eigenvalue weighted by molar-refractivity contribution is 0.123. The molecule has 1 aliphatic rings. The number of nitrogens with zero attached hydrogens (tertiary/aromatic N) is 2. The SMILES string of the molecule is CCCCCN(C)CCCCC1CCC(N(C)C(=O)Oc2ccc(Br)cc2)CC1. The summed E-state index contributed by atoms with van der Waals surface area (Å²) in [6.45, 7) is 4.73. The van der Waals surface area contributed by atoms with Crippen LogP contribution in [0.25, 0.3) is 0 Å². The van der Waals surface area contributed by atoms with Crippen LogP contribution < -0.4 is 4.74 Å². The number of amides is 1. The third-order valence-electron chi connectivity index (χ3n) is 6.22. The smallest absolute Gasteiger partial charge is 0.410 e. The van der Waals surface area contributed by atoms with Crippen LogP contribution in [0.3, 0.4) is 0 Å². The van der Waals surface area contributed by atoms with Gasteiger partial charge in [0.1, 0.15) is 5.75 Å². The van der Waals surface area contributed by atoms with E-state index in [0.29, 0.717) is 11.8 Å². The minimum atomic E-state index is -0.248. The van der Waals surface area contributed by atoms with Crippen molar-refractivity contribution < 1.29 is 9.53 Å². The van der Waals surface area contributed by atoms with Gasteiger partial charge in [0.15, 0.2) is 0 Å².